The Morgan fingerprint density at radius 3 is 2.67 bits per heavy atom. The molecule has 0 spiro atoms. The van der Waals surface area contributed by atoms with Gasteiger partial charge < -0.3 is 0 Å². The Bertz CT molecular complexity index is 305. The van der Waals surface area contributed by atoms with E-state index in [4.69, 9.17) is 0 Å². The highest BCUT2D eigenvalue weighted by molar-refractivity contribution is 5.94. The van der Waals surface area contributed by atoms with E-state index in [-0.39, 0.29) is 11.6 Å². The van der Waals surface area contributed by atoms with Gasteiger partial charge in [-0.15, -0.1) is 0 Å². The van der Waals surface area contributed by atoms with E-state index in [2.05, 4.69) is 0 Å². The van der Waals surface area contributed by atoms with Gasteiger partial charge in [-0.25, -0.2) is 4.39 Å². The summed E-state index contributed by atoms with van der Waals surface area (Å²) in [7, 11) is 0. The molecule has 0 aliphatic heterocycles. The van der Waals surface area contributed by atoms with E-state index in [1.54, 1.807) is 6.07 Å². The Morgan fingerprint density at radius 2 is 2.17 bits per heavy atom. The smallest absolute Gasteiger partial charge is 0.159 e. The van der Waals surface area contributed by atoms with Crippen molar-refractivity contribution in [2.24, 2.45) is 0 Å². The van der Waals surface area contributed by atoms with E-state index in [0.29, 0.717) is 17.5 Å². The molecule has 1 aromatic carbocycles. The van der Waals surface area contributed by atoms with Crippen molar-refractivity contribution in [1.29, 1.82) is 0 Å². The topological polar surface area (TPSA) is 17.1 Å². The summed E-state index contributed by atoms with van der Waals surface area (Å²) in [5.41, 5.74) is 1.18. The number of hydrogen-bond acceptors (Lipinski definition) is 1. The quantitative estimate of drug-likeness (QED) is 0.617. The predicted octanol–water partition coefficient (Wildman–Crippen LogP) is 2.59. The summed E-state index contributed by atoms with van der Waals surface area (Å²) >= 11 is 0. The Labute approximate surface area is 71.2 Å². The van der Waals surface area contributed by atoms with Crippen LogP contribution in [0.1, 0.15) is 29.8 Å². The van der Waals surface area contributed by atoms with Gasteiger partial charge in [-0.1, -0.05) is 6.92 Å². The van der Waals surface area contributed by atoms with Crippen molar-refractivity contribution in [3.05, 3.63) is 35.1 Å². The first-order valence-electron chi connectivity index (χ1n) is 3.94. The molecule has 1 rings (SSSR count). The third kappa shape index (κ3) is 1.70. The normalized spacial score (nSPS) is 9.92. The van der Waals surface area contributed by atoms with Crippen molar-refractivity contribution < 1.29 is 9.18 Å². The fourth-order valence-electron chi connectivity index (χ4n) is 1.06. The standard InChI is InChI=1S/C10H11FO/c1-3-8-6-9(7(2)12)4-5-10(8)11/h4-6H,3H2,1-2H3. The molecular formula is C10H11FO. The van der Waals surface area contributed by atoms with Crippen molar-refractivity contribution in [3.63, 3.8) is 0 Å². The average molecular weight is 166 g/mol. The van der Waals surface area contributed by atoms with Gasteiger partial charge in [-0.3, -0.25) is 4.79 Å². The molecule has 2 heteroatoms. The largest absolute Gasteiger partial charge is 0.295 e. The van der Waals surface area contributed by atoms with Crippen LogP contribution in [0, 0.1) is 5.82 Å². The Balaban J connectivity index is 3.13. The minimum atomic E-state index is -0.234. The molecule has 0 N–H and O–H groups in total. The van der Waals surface area contributed by atoms with Crippen LogP contribution in [0.15, 0.2) is 18.2 Å². The number of hydrogen-bond donors (Lipinski definition) is 0. The molecule has 0 radical (unpaired) electrons. The summed E-state index contributed by atoms with van der Waals surface area (Å²) < 4.78 is 12.9. The number of aryl methyl sites for hydroxylation is 1. The molecule has 0 aliphatic rings. The number of halogens is 1. The molecule has 12 heavy (non-hydrogen) atoms. The number of carbonyl (C=O) groups is 1. The van der Waals surface area contributed by atoms with Crippen molar-refractivity contribution in [3.8, 4) is 0 Å². The molecule has 0 bridgehead atoms. The zero-order valence-corrected chi connectivity index (χ0v) is 7.23. The Hall–Kier alpha value is -1.18. The zero-order chi connectivity index (χ0) is 9.14. The van der Waals surface area contributed by atoms with E-state index >= 15 is 0 Å². The predicted molar refractivity (Wildman–Crippen MR) is 45.8 cm³/mol. The maximum atomic E-state index is 12.9. The molecular weight excluding hydrogens is 155 g/mol. The number of rotatable bonds is 2. The second-order valence-corrected chi connectivity index (χ2v) is 2.72. The van der Waals surface area contributed by atoms with Crippen LogP contribution in [0.3, 0.4) is 0 Å². The maximum absolute atomic E-state index is 12.9. The van der Waals surface area contributed by atoms with Crippen LogP contribution in [-0.4, -0.2) is 5.78 Å². The number of benzene rings is 1. The molecule has 64 valence electrons. The first-order chi connectivity index (χ1) is 5.65. The fourth-order valence-corrected chi connectivity index (χ4v) is 1.06. The Morgan fingerprint density at radius 1 is 1.50 bits per heavy atom. The highest BCUT2D eigenvalue weighted by Crippen LogP contribution is 2.11. The molecule has 1 aromatic rings. The summed E-state index contributed by atoms with van der Waals surface area (Å²) in [4.78, 5) is 10.9. The van der Waals surface area contributed by atoms with E-state index in [1.807, 2.05) is 6.92 Å². The van der Waals surface area contributed by atoms with Crippen LogP contribution in [0.2, 0.25) is 0 Å². The molecule has 1 nitrogen and oxygen atoms in total. The van der Waals surface area contributed by atoms with Gasteiger partial charge in [0, 0.05) is 5.56 Å². The second-order valence-electron chi connectivity index (χ2n) is 2.72. The van der Waals surface area contributed by atoms with Crippen molar-refractivity contribution in [1.82, 2.24) is 0 Å². The summed E-state index contributed by atoms with van der Waals surface area (Å²) in [5.74, 6) is -0.257. The molecule has 0 saturated carbocycles. The summed E-state index contributed by atoms with van der Waals surface area (Å²) in [6.45, 7) is 3.34. The van der Waals surface area contributed by atoms with Crippen LogP contribution < -0.4 is 0 Å². The van der Waals surface area contributed by atoms with E-state index in [0.717, 1.165) is 0 Å². The van der Waals surface area contributed by atoms with Crippen LogP contribution in [0.25, 0.3) is 0 Å². The fraction of sp³-hybridized carbons (Fsp3) is 0.300. The summed E-state index contributed by atoms with van der Waals surface area (Å²) in [6.07, 6.45) is 0.618. The molecule has 0 amide bonds. The van der Waals surface area contributed by atoms with Crippen LogP contribution >= 0.6 is 0 Å². The first kappa shape index (κ1) is 8.91. The molecule has 0 saturated heterocycles. The lowest BCUT2D eigenvalue weighted by atomic mass is 10.1. The van der Waals surface area contributed by atoms with Crippen molar-refractivity contribution >= 4 is 5.78 Å². The minimum absolute atomic E-state index is 0.0234. The molecule has 0 fully saturated rings. The van der Waals surface area contributed by atoms with Gasteiger partial charge in [0.25, 0.3) is 0 Å². The monoisotopic (exact) mass is 166 g/mol. The van der Waals surface area contributed by atoms with Crippen LogP contribution in [0.5, 0.6) is 0 Å². The Kier molecular flexibility index (Phi) is 2.58. The third-order valence-corrected chi connectivity index (χ3v) is 1.83. The van der Waals surface area contributed by atoms with Crippen molar-refractivity contribution in [2.75, 3.05) is 0 Å². The lowest BCUT2D eigenvalue weighted by Gasteiger charge is -2.01. The lowest BCUT2D eigenvalue weighted by molar-refractivity contribution is 0.101. The lowest BCUT2D eigenvalue weighted by Crippen LogP contribution is -1.95. The van der Waals surface area contributed by atoms with Gasteiger partial charge in [0.15, 0.2) is 5.78 Å². The van der Waals surface area contributed by atoms with E-state index in [9.17, 15) is 9.18 Å². The third-order valence-electron chi connectivity index (χ3n) is 1.83. The van der Waals surface area contributed by atoms with Crippen LogP contribution in [-0.2, 0) is 6.42 Å². The van der Waals surface area contributed by atoms with Gasteiger partial charge in [-0.2, -0.15) is 0 Å². The highest BCUT2D eigenvalue weighted by Gasteiger charge is 2.03. The summed E-state index contributed by atoms with van der Waals surface area (Å²) in [6, 6.07) is 4.46. The molecule has 0 heterocycles. The number of Topliss-reactive ketones (excluding diaryl/α,β-unsaturated/α-hetero) is 1. The van der Waals surface area contributed by atoms with Gasteiger partial charge in [0.2, 0.25) is 0 Å². The SMILES string of the molecule is CCc1cc(C(C)=O)ccc1F. The zero-order valence-electron chi connectivity index (χ0n) is 7.23. The van der Waals surface area contributed by atoms with E-state index < -0.39 is 0 Å². The van der Waals surface area contributed by atoms with Gasteiger partial charge >= 0.3 is 0 Å². The first-order valence-corrected chi connectivity index (χ1v) is 3.94. The van der Waals surface area contributed by atoms with Crippen molar-refractivity contribution in [2.45, 2.75) is 20.3 Å². The molecule has 0 unspecified atom stereocenters. The van der Waals surface area contributed by atoms with Gasteiger partial charge in [-0.05, 0) is 37.1 Å². The molecule has 0 aromatic heterocycles. The average Bonchev–Trinajstić information content (AvgIpc) is 2.05. The van der Waals surface area contributed by atoms with Crippen LogP contribution in [0.4, 0.5) is 4.39 Å². The minimum Gasteiger partial charge on any atom is -0.295 e. The number of carbonyl (C=O) groups excluding carboxylic acids is 1. The van der Waals surface area contributed by atoms with E-state index in [1.165, 1.54) is 19.1 Å². The molecule has 0 aliphatic carbocycles. The molecule has 0 atom stereocenters. The maximum Gasteiger partial charge on any atom is 0.159 e. The summed E-state index contributed by atoms with van der Waals surface area (Å²) in [5, 5.41) is 0. The second kappa shape index (κ2) is 3.48. The van der Waals surface area contributed by atoms with Gasteiger partial charge in [0.05, 0.1) is 0 Å². The van der Waals surface area contributed by atoms with Gasteiger partial charge in [0.1, 0.15) is 5.82 Å². The highest BCUT2D eigenvalue weighted by atomic mass is 19.1. The number of ketones is 1.